The van der Waals surface area contributed by atoms with E-state index in [9.17, 15) is 4.79 Å². The van der Waals surface area contributed by atoms with Gasteiger partial charge in [0.15, 0.2) is 0 Å². The lowest BCUT2D eigenvalue weighted by atomic mass is 10.1. The summed E-state index contributed by atoms with van der Waals surface area (Å²) in [5.74, 6) is 1.01. The molecule has 5 rings (SSSR count). The molecule has 0 spiro atoms. The Hall–Kier alpha value is -3.02. The van der Waals surface area contributed by atoms with Gasteiger partial charge in [0.2, 0.25) is 5.91 Å². The molecular weight excluding hydrogens is 350 g/mol. The Balaban J connectivity index is 1.46. The zero-order chi connectivity index (χ0) is 19.1. The largest absolute Gasteiger partial charge is 0.367 e. The number of anilines is 1. The van der Waals surface area contributed by atoms with Crippen LogP contribution in [0, 0.1) is 0 Å². The number of benzene rings is 1. The lowest BCUT2D eigenvalue weighted by Gasteiger charge is -2.20. The molecule has 3 aromatic rings. The topological polar surface area (TPSA) is 71.0 Å². The molecule has 2 saturated carbocycles. The Bertz CT molecular complexity index is 1040. The number of hydrogen-bond acceptors (Lipinski definition) is 5. The highest BCUT2D eigenvalue weighted by Gasteiger charge is 2.31. The van der Waals surface area contributed by atoms with Crippen LogP contribution >= 0.6 is 0 Å². The van der Waals surface area contributed by atoms with Crippen LogP contribution in [-0.4, -0.2) is 37.8 Å². The van der Waals surface area contributed by atoms with Gasteiger partial charge in [-0.1, -0.05) is 12.1 Å². The molecule has 0 aliphatic heterocycles. The zero-order valence-electron chi connectivity index (χ0n) is 15.9. The van der Waals surface area contributed by atoms with Crippen molar-refractivity contribution >= 4 is 22.6 Å². The molecule has 2 aliphatic carbocycles. The van der Waals surface area contributed by atoms with Gasteiger partial charge < -0.3 is 10.2 Å². The van der Waals surface area contributed by atoms with Crippen LogP contribution in [0.2, 0.25) is 0 Å². The number of aromatic nitrogens is 3. The van der Waals surface area contributed by atoms with Gasteiger partial charge in [0, 0.05) is 30.0 Å². The lowest BCUT2D eigenvalue weighted by Crippen LogP contribution is -2.30. The van der Waals surface area contributed by atoms with Crippen molar-refractivity contribution in [3.63, 3.8) is 0 Å². The van der Waals surface area contributed by atoms with Gasteiger partial charge in [0.25, 0.3) is 0 Å². The SMILES string of the molecule is CC(=O)N(Cc1cccc(-c2ccc3ncnc(NC4CC4)c3c2)n1)C1CC1. The van der Waals surface area contributed by atoms with Crippen molar-refractivity contribution in [2.24, 2.45) is 0 Å². The molecule has 0 saturated heterocycles. The summed E-state index contributed by atoms with van der Waals surface area (Å²) >= 11 is 0. The number of nitrogens with zero attached hydrogens (tertiary/aromatic N) is 4. The Morgan fingerprint density at radius 1 is 1.14 bits per heavy atom. The van der Waals surface area contributed by atoms with Crippen LogP contribution in [0.15, 0.2) is 42.7 Å². The third-order valence-electron chi connectivity index (χ3n) is 5.38. The molecule has 1 aromatic carbocycles. The number of carbonyl (C=O) groups excluding carboxylic acids is 1. The van der Waals surface area contributed by atoms with Gasteiger partial charge in [0.05, 0.1) is 23.4 Å². The molecule has 1 N–H and O–H groups in total. The number of hydrogen-bond donors (Lipinski definition) is 1. The average molecular weight is 373 g/mol. The third-order valence-corrected chi connectivity index (χ3v) is 5.38. The molecule has 142 valence electrons. The molecule has 6 nitrogen and oxygen atoms in total. The summed E-state index contributed by atoms with van der Waals surface area (Å²) in [6.07, 6.45) is 6.20. The van der Waals surface area contributed by atoms with E-state index in [2.05, 4.69) is 21.4 Å². The maximum atomic E-state index is 11.9. The first-order chi connectivity index (χ1) is 13.7. The normalized spacial score (nSPS) is 16.2. The van der Waals surface area contributed by atoms with Crippen molar-refractivity contribution in [2.45, 2.75) is 51.2 Å². The number of amides is 1. The van der Waals surface area contributed by atoms with Gasteiger partial charge in [-0.05, 0) is 49.9 Å². The highest BCUT2D eigenvalue weighted by Crippen LogP contribution is 2.31. The fourth-order valence-electron chi connectivity index (χ4n) is 3.54. The summed E-state index contributed by atoms with van der Waals surface area (Å²) < 4.78 is 0. The third kappa shape index (κ3) is 3.54. The highest BCUT2D eigenvalue weighted by atomic mass is 16.2. The van der Waals surface area contributed by atoms with E-state index in [-0.39, 0.29) is 5.91 Å². The second-order valence-corrected chi connectivity index (χ2v) is 7.77. The van der Waals surface area contributed by atoms with Crippen molar-refractivity contribution in [3.8, 4) is 11.3 Å². The summed E-state index contributed by atoms with van der Waals surface area (Å²) in [7, 11) is 0. The van der Waals surface area contributed by atoms with Crippen LogP contribution in [0.3, 0.4) is 0 Å². The monoisotopic (exact) mass is 373 g/mol. The molecule has 0 unspecified atom stereocenters. The van der Waals surface area contributed by atoms with Crippen LogP contribution < -0.4 is 5.32 Å². The van der Waals surface area contributed by atoms with Gasteiger partial charge in [-0.25, -0.2) is 9.97 Å². The molecule has 2 fully saturated rings. The first-order valence-corrected chi connectivity index (χ1v) is 9.92. The smallest absolute Gasteiger partial charge is 0.220 e. The van der Waals surface area contributed by atoms with Crippen LogP contribution in [0.4, 0.5) is 5.82 Å². The van der Waals surface area contributed by atoms with Gasteiger partial charge in [-0.15, -0.1) is 0 Å². The predicted molar refractivity (Wildman–Crippen MR) is 109 cm³/mol. The number of pyridine rings is 1. The minimum Gasteiger partial charge on any atom is -0.367 e. The van der Waals surface area contributed by atoms with Crippen molar-refractivity contribution < 1.29 is 4.79 Å². The number of carbonyl (C=O) groups is 1. The van der Waals surface area contributed by atoms with E-state index in [1.54, 1.807) is 13.3 Å². The molecule has 28 heavy (non-hydrogen) atoms. The van der Waals surface area contributed by atoms with Crippen LogP contribution in [0.1, 0.15) is 38.3 Å². The van der Waals surface area contributed by atoms with Crippen molar-refractivity contribution in [3.05, 3.63) is 48.4 Å². The van der Waals surface area contributed by atoms with E-state index >= 15 is 0 Å². The van der Waals surface area contributed by atoms with E-state index in [4.69, 9.17) is 4.98 Å². The fraction of sp³-hybridized carbons (Fsp3) is 0.364. The molecule has 2 aliphatic rings. The standard InChI is InChI=1S/C22H23N5O/c1-14(28)27(18-8-9-18)12-17-3-2-4-20(25-17)15-5-10-21-19(11-15)22(24-13-23-21)26-16-6-7-16/h2-5,10-11,13,16,18H,6-9,12H2,1H3,(H,23,24,26). The van der Waals surface area contributed by atoms with Crippen molar-refractivity contribution in [2.75, 3.05) is 5.32 Å². The maximum absolute atomic E-state index is 11.9. The van der Waals surface area contributed by atoms with E-state index in [0.717, 1.165) is 46.5 Å². The van der Waals surface area contributed by atoms with E-state index in [1.165, 1.54) is 12.8 Å². The Labute approximate surface area is 164 Å². The predicted octanol–water partition coefficient (Wildman–Crippen LogP) is 3.78. The van der Waals surface area contributed by atoms with Crippen LogP contribution in [-0.2, 0) is 11.3 Å². The van der Waals surface area contributed by atoms with Crippen LogP contribution in [0.5, 0.6) is 0 Å². The number of nitrogens with one attached hydrogen (secondary N) is 1. The minimum absolute atomic E-state index is 0.119. The Morgan fingerprint density at radius 2 is 2.00 bits per heavy atom. The fourth-order valence-corrected chi connectivity index (χ4v) is 3.54. The summed E-state index contributed by atoms with van der Waals surface area (Å²) in [6.45, 7) is 2.21. The van der Waals surface area contributed by atoms with Gasteiger partial charge in [-0.2, -0.15) is 0 Å². The molecule has 2 aromatic heterocycles. The van der Waals surface area contributed by atoms with Crippen molar-refractivity contribution in [1.82, 2.24) is 19.9 Å². The molecule has 2 heterocycles. The molecular formula is C22H23N5O. The van der Waals surface area contributed by atoms with E-state index in [1.807, 2.05) is 35.2 Å². The maximum Gasteiger partial charge on any atom is 0.220 e. The van der Waals surface area contributed by atoms with E-state index < -0.39 is 0 Å². The molecule has 1 amide bonds. The van der Waals surface area contributed by atoms with Gasteiger partial charge in [-0.3, -0.25) is 9.78 Å². The second kappa shape index (κ2) is 6.86. The number of rotatable bonds is 6. The molecule has 0 bridgehead atoms. The lowest BCUT2D eigenvalue weighted by molar-refractivity contribution is -0.130. The Kier molecular flexibility index (Phi) is 4.19. The van der Waals surface area contributed by atoms with Crippen LogP contribution in [0.25, 0.3) is 22.2 Å². The van der Waals surface area contributed by atoms with Gasteiger partial charge >= 0.3 is 0 Å². The summed E-state index contributed by atoms with van der Waals surface area (Å²) in [4.78, 5) is 27.5. The first kappa shape index (κ1) is 17.1. The summed E-state index contributed by atoms with van der Waals surface area (Å²) in [6, 6.07) is 13.1. The molecule has 6 heteroatoms. The summed E-state index contributed by atoms with van der Waals surface area (Å²) in [5.41, 5.74) is 3.78. The van der Waals surface area contributed by atoms with Gasteiger partial charge in [0.1, 0.15) is 12.1 Å². The number of fused-ring (bicyclic) bond motifs is 1. The summed E-state index contributed by atoms with van der Waals surface area (Å²) in [5, 5.41) is 4.51. The minimum atomic E-state index is 0.119. The molecule has 0 radical (unpaired) electrons. The first-order valence-electron chi connectivity index (χ1n) is 9.92. The Morgan fingerprint density at radius 3 is 2.75 bits per heavy atom. The quantitative estimate of drug-likeness (QED) is 0.712. The van der Waals surface area contributed by atoms with Crippen molar-refractivity contribution in [1.29, 1.82) is 0 Å². The second-order valence-electron chi connectivity index (χ2n) is 7.77. The highest BCUT2D eigenvalue weighted by molar-refractivity contribution is 5.92. The average Bonchev–Trinajstić information content (AvgIpc) is 3.61. The van der Waals surface area contributed by atoms with E-state index in [0.29, 0.717) is 18.6 Å². The molecule has 0 atom stereocenters. The zero-order valence-corrected chi connectivity index (χ0v) is 15.9.